The van der Waals surface area contributed by atoms with E-state index in [-0.39, 0.29) is 5.56 Å². The third-order valence-corrected chi connectivity index (χ3v) is 4.09. The molecule has 0 saturated carbocycles. The molecule has 2 aromatic carbocycles. The Morgan fingerprint density at radius 2 is 1.44 bits per heavy atom. The highest BCUT2D eigenvalue weighted by atomic mass is 19.4. The number of aromatic nitrogens is 2. The second-order valence-corrected chi connectivity index (χ2v) is 5.66. The Morgan fingerprint density at radius 1 is 0.760 bits per heavy atom. The maximum absolute atomic E-state index is 13.5. The SMILES string of the molecule is FC(F)(F)c1ccccc1-c1c(-c2ccccc2)nn2ccccc12. The molecule has 0 unspecified atom stereocenters. The summed E-state index contributed by atoms with van der Waals surface area (Å²) >= 11 is 0. The van der Waals surface area contributed by atoms with Crippen LogP contribution in [0.25, 0.3) is 27.9 Å². The van der Waals surface area contributed by atoms with Crippen molar-refractivity contribution in [1.29, 1.82) is 0 Å². The van der Waals surface area contributed by atoms with Crippen LogP contribution in [0.5, 0.6) is 0 Å². The second-order valence-electron chi connectivity index (χ2n) is 5.66. The summed E-state index contributed by atoms with van der Waals surface area (Å²) in [4.78, 5) is 0. The van der Waals surface area contributed by atoms with Gasteiger partial charge in [0.15, 0.2) is 0 Å². The minimum atomic E-state index is -4.44. The number of nitrogens with zero attached hydrogens (tertiary/aromatic N) is 2. The smallest absolute Gasteiger partial charge is 0.240 e. The van der Waals surface area contributed by atoms with Crippen molar-refractivity contribution in [2.24, 2.45) is 0 Å². The van der Waals surface area contributed by atoms with Crippen LogP contribution in [-0.2, 0) is 6.18 Å². The van der Waals surface area contributed by atoms with Crippen molar-refractivity contribution >= 4 is 5.52 Å². The van der Waals surface area contributed by atoms with Gasteiger partial charge in [0.25, 0.3) is 0 Å². The Bertz CT molecular complexity index is 1030. The molecule has 0 N–H and O–H groups in total. The molecule has 0 saturated heterocycles. The fourth-order valence-corrected chi connectivity index (χ4v) is 3.01. The fourth-order valence-electron chi connectivity index (χ4n) is 3.01. The highest BCUT2D eigenvalue weighted by Gasteiger charge is 2.34. The molecule has 4 rings (SSSR count). The molecular formula is C20H13F3N2. The van der Waals surface area contributed by atoms with E-state index in [0.29, 0.717) is 16.8 Å². The van der Waals surface area contributed by atoms with E-state index in [1.54, 1.807) is 35.0 Å². The summed E-state index contributed by atoms with van der Waals surface area (Å²) in [5, 5.41) is 4.53. The van der Waals surface area contributed by atoms with Crippen molar-refractivity contribution in [3.05, 3.63) is 84.6 Å². The molecule has 25 heavy (non-hydrogen) atoms. The number of alkyl halides is 3. The molecule has 0 aliphatic heterocycles. The van der Waals surface area contributed by atoms with Gasteiger partial charge in [-0.1, -0.05) is 54.6 Å². The molecule has 0 atom stereocenters. The van der Waals surface area contributed by atoms with Gasteiger partial charge in [0.1, 0.15) is 5.69 Å². The standard InChI is InChI=1S/C20H13F3N2/c21-20(22,23)16-11-5-4-10-15(16)18-17-12-6-7-13-25(17)24-19(18)14-8-2-1-3-9-14/h1-13H. The summed E-state index contributed by atoms with van der Waals surface area (Å²) in [6.45, 7) is 0. The number of rotatable bonds is 2. The zero-order valence-electron chi connectivity index (χ0n) is 13.0. The lowest BCUT2D eigenvalue weighted by Crippen LogP contribution is -2.07. The highest BCUT2D eigenvalue weighted by Crippen LogP contribution is 2.42. The molecule has 124 valence electrons. The van der Waals surface area contributed by atoms with E-state index in [2.05, 4.69) is 5.10 Å². The molecule has 5 heteroatoms. The molecule has 0 radical (unpaired) electrons. The molecular weight excluding hydrogens is 325 g/mol. The maximum Gasteiger partial charge on any atom is 0.417 e. The van der Waals surface area contributed by atoms with E-state index in [1.165, 1.54) is 12.1 Å². The number of pyridine rings is 1. The average molecular weight is 338 g/mol. The van der Waals surface area contributed by atoms with E-state index in [1.807, 2.05) is 30.3 Å². The van der Waals surface area contributed by atoms with Crippen LogP contribution in [0.15, 0.2) is 79.0 Å². The Morgan fingerprint density at radius 3 is 2.20 bits per heavy atom. The Hall–Kier alpha value is -3.08. The van der Waals surface area contributed by atoms with Gasteiger partial charge in [-0.05, 0) is 23.8 Å². The van der Waals surface area contributed by atoms with Gasteiger partial charge in [-0.3, -0.25) is 0 Å². The van der Waals surface area contributed by atoms with Crippen molar-refractivity contribution < 1.29 is 13.2 Å². The van der Waals surface area contributed by atoms with Crippen molar-refractivity contribution in [2.45, 2.75) is 6.18 Å². The molecule has 0 fully saturated rings. The first-order valence-electron chi connectivity index (χ1n) is 7.75. The Kier molecular flexibility index (Phi) is 3.57. The Balaban J connectivity index is 2.09. The van der Waals surface area contributed by atoms with Gasteiger partial charge in [0, 0.05) is 17.3 Å². The summed E-state index contributed by atoms with van der Waals surface area (Å²) < 4.78 is 42.3. The van der Waals surface area contributed by atoms with E-state index in [4.69, 9.17) is 0 Å². The van der Waals surface area contributed by atoms with Crippen molar-refractivity contribution in [3.8, 4) is 22.4 Å². The van der Waals surface area contributed by atoms with Gasteiger partial charge < -0.3 is 0 Å². The molecule has 0 bridgehead atoms. The van der Waals surface area contributed by atoms with Gasteiger partial charge in [0.05, 0.1) is 11.1 Å². The van der Waals surface area contributed by atoms with Crippen LogP contribution in [0.2, 0.25) is 0 Å². The van der Waals surface area contributed by atoms with Gasteiger partial charge in [-0.25, -0.2) is 4.52 Å². The van der Waals surface area contributed by atoms with Crippen LogP contribution in [0, 0.1) is 0 Å². The summed E-state index contributed by atoms with van der Waals surface area (Å²) in [7, 11) is 0. The first kappa shape index (κ1) is 15.4. The molecule has 0 aliphatic carbocycles. The van der Waals surface area contributed by atoms with Crippen molar-refractivity contribution in [3.63, 3.8) is 0 Å². The first-order valence-corrected chi connectivity index (χ1v) is 7.75. The summed E-state index contributed by atoms with van der Waals surface area (Å²) in [5.41, 5.74) is 1.90. The lowest BCUT2D eigenvalue weighted by Gasteiger charge is -2.13. The van der Waals surface area contributed by atoms with Crippen LogP contribution >= 0.6 is 0 Å². The number of halogens is 3. The molecule has 2 nitrogen and oxygen atoms in total. The van der Waals surface area contributed by atoms with Gasteiger partial charge >= 0.3 is 6.18 Å². The fraction of sp³-hybridized carbons (Fsp3) is 0.0500. The van der Waals surface area contributed by atoms with Crippen molar-refractivity contribution in [2.75, 3.05) is 0 Å². The third kappa shape index (κ3) is 2.67. The molecule has 2 heterocycles. The van der Waals surface area contributed by atoms with E-state index < -0.39 is 11.7 Å². The molecule has 2 aromatic heterocycles. The van der Waals surface area contributed by atoms with Crippen LogP contribution in [-0.4, -0.2) is 9.61 Å². The zero-order valence-corrected chi connectivity index (χ0v) is 13.0. The first-order chi connectivity index (χ1) is 12.1. The van der Waals surface area contributed by atoms with Crippen LogP contribution < -0.4 is 0 Å². The largest absolute Gasteiger partial charge is 0.417 e. The van der Waals surface area contributed by atoms with Gasteiger partial charge in [-0.15, -0.1) is 0 Å². The zero-order chi connectivity index (χ0) is 17.4. The predicted molar refractivity (Wildman–Crippen MR) is 91.1 cm³/mol. The van der Waals surface area contributed by atoms with E-state index in [9.17, 15) is 13.2 Å². The van der Waals surface area contributed by atoms with Gasteiger partial charge in [-0.2, -0.15) is 18.3 Å². The molecule has 4 aromatic rings. The summed E-state index contributed by atoms with van der Waals surface area (Å²) in [5.74, 6) is 0. The summed E-state index contributed by atoms with van der Waals surface area (Å²) in [6, 6.07) is 20.3. The minimum absolute atomic E-state index is 0.134. The normalized spacial score (nSPS) is 11.8. The summed E-state index contributed by atoms with van der Waals surface area (Å²) in [6.07, 6.45) is -2.70. The molecule has 0 spiro atoms. The topological polar surface area (TPSA) is 17.3 Å². The lowest BCUT2D eigenvalue weighted by molar-refractivity contribution is -0.137. The number of fused-ring (bicyclic) bond motifs is 1. The predicted octanol–water partition coefficient (Wildman–Crippen LogP) is 5.69. The Labute approximate surface area is 142 Å². The highest BCUT2D eigenvalue weighted by molar-refractivity contribution is 5.93. The van der Waals surface area contributed by atoms with Crippen molar-refractivity contribution in [1.82, 2.24) is 9.61 Å². The third-order valence-electron chi connectivity index (χ3n) is 4.09. The monoisotopic (exact) mass is 338 g/mol. The van der Waals surface area contributed by atoms with Crippen LogP contribution in [0.3, 0.4) is 0 Å². The molecule has 0 aliphatic rings. The van der Waals surface area contributed by atoms with E-state index >= 15 is 0 Å². The maximum atomic E-state index is 13.5. The van der Waals surface area contributed by atoms with Gasteiger partial charge in [0.2, 0.25) is 0 Å². The minimum Gasteiger partial charge on any atom is -0.240 e. The van der Waals surface area contributed by atoms with E-state index in [0.717, 1.165) is 11.6 Å². The van der Waals surface area contributed by atoms with Crippen LogP contribution in [0.1, 0.15) is 5.56 Å². The number of hydrogen-bond donors (Lipinski definition) is 0. The quantitative estimate of drug-likeness (QED) is 0.459. The molecule has 0 amide bonds. The number of benzene rings is 2. The average Bonchev–Trinajstić information content (AvgIpc) is 3.01. The van der Waals surface area contributed by atoms with Crippen LogP contribution in [0.4, 0.5) is 13.2 Å². The second kappa shape index (κ2) is 5.77. The number of hydrogen-bond acceptors (Lipinski definition) is 1. The lowest BCUT2D eigenvalue weighted by atomic mass is 9.95.